The van der Waals surface area contributed by atoms with E-state index in [0.717, 1.165) is 0 Å². The van der Waals surface area contributed by atoms with E-state index in [1.165, 1.54) is 17.0 Å². The Kier molecular flexibility index (Phi) is 5.07. The fourth-order valence-corrected chi connectivity index (χ4v) is 1.82. The number of ether oxygens (including phenoxy) is 1. The lowest BCUT2D eigenvalue weighted by atomic mass is 10.1. The third-order valence-electron chi connectivity index (χ3n) is 2.62. The molecule has 1 aromatic rings. The molecule has 0 aliphatic rings. The minimum atomic E-state index is -0.685. The topological polar surface area (TPSA) is 72.7 Å². The third-order valence-corrected chi connectivity index (χ3v) is 2.62. The molecule has 0 aromatic heterocycles. The van der Waals surface area contributed by atoms with Gasteiger partial charge in [-0.15, -0.1) is 6.58 Å². The maximum Gasteiger partial charge on any atom is 0.415 e. The quantitative estimate of drug-likeness (QED) is 0.480. The normalized spacial score (nSPS) is 10.9. The number of nitro benzene ring substituents is 1. The fraction of sp³-hybridized carbons (Fsp3) is 0.400. The Morgan fingerprint density at radius 1 is 1.48 bits per heavy atom. The number of hydrogen-bond acceptors (Lipinski definition) is 4. The van der Waals surface area contributed by atoms with Crippen LogP contribution in [0, 0.1) is 17.0 Å². The first-order valence-corrected chi connectivity index (χ1v) is 6.53. The van der Waals surface area contributed by atoms with Gasteiger partial charge in [-0.3, -0.25) is 15.0 Å². The van der Waals surface area contributed by atoms with Crippen molar-refractivity contribution in [3.8, 4) is 0 Å². The Hall–Kier alpha value is -2.37. The van der Waals surface area contributed by atoms with Crippen molar-refractivity contribution in [3.63, 3.8) is 0 Å². The van der Waals surface area contributed by atoms with E-state index in [0.29, 0.717) is 5.56 Å². The molecule has 0 bridgehead atoms. The first-order valence-electron chi connectivity index (χ1n) is 6.53. The van der Waals surface area contributed by atoms with Crippen molar-refractivity contribution >= 4 is 17.5 Å². The summed E-state index contributed by atoms with van der Waals surface area (Å²) in [7, 11) is 0. The van der Waals surface area contributed by atoms with Crippen LogP contribution in [0.4, 0.5) is 16.2 Å². The largest absolute Gasteiger partial charge is 0.443 e. The molecule has 0 saturated heterocycles. The summed E-state index contributed by atoms with van der Waals surface area (Å²) in [5.41, 5.74) is -0.107. The summed E-state index contributed by atoms with van der Waals surface area (Å²) < 4.78 is 5.30. The number of nitrogens with zero attached hydrogens (tertiary/aromatic N) is 2. The Morgan fingerprint density at radius 2 is 2.10 bits per heavy atom. The molecule has 1 aromatic carbocycles. The highest BCUT2D eigenvalue weighted by molar-refractivity contribution is 5.91. The minimum absolute atomic E-state index is 0.106. The molecular formula is C15H20N2O4. The van der Waals surface area contributed by atoms with E-state index in [9.17, 15) is 14.9 Å². The highest BCUT2D eigenvalue weighted by atomic mass is 16.6. The zero-order chi connectivity index (χ0) is 16.2. The van der Waals surface area contributed by atoms with Crippen LogP contribution < -0.4 is 4.90 Å². The molecule has 6 nitrogen and oxygen atoms in total. The van der Waals surface area contributed by atoms with Gasteiger partial charge < -0.3 is 4.74 Å². The average molecular weight is 292 g/mol. The molecule has 0 atom stereocenters. The Balaban J connectivity index is 3.29. The number of carbonyl (C=O) groups is 1. The molecule has 0 aliphatic heterocycles. The van der Waals surface area contributed by atoms with Crippen molar-refractivity contribution in [1.82, 2.24) is 0 Å². The van der Waals surface area contributed by atoms with Gasteiger partial charge in [-0.2, -0.15) is 0 Å². The van der Waals surface area contributed by atoms with E-state index in [1.54, 1.807) is 39.8 Å². The van der Waals surface area contributed by atoms with Crippen LogP contribution in [0.15, 0.2) is 30.9 Å². The van der Waals surface area contributed by atoms with Crippen molar-refractivity contribution in [2.24, 2.45) is 0 Å². The van der Waals surface area contributed by atoms with E-state index in [1.807, 2.05) is 0 Å². The summed E-state index contributed by atoms with van der Waals surface area (Å²) in [5, 5.41) is 11.3. The third kappa shape index (κ3) is 4.30. The van der Waals surface area contributed by atoms with Gasteiger partial charge in [0.25, 0.3) is 5.69 Å². The first kappa shape index (κ1) is 16.7. The molecule has 0 unspecified atom stereocenters. The van der Waals surface area contributed by atoms with Gasteiger partial charge in [0.1, 0.15) is 11.3 Å². The maximum absolute atomic E-state index is 12.3. The lowest BCUT2D eigenvalue weighted by Gasteiger charge is -2.26. The van der Waals surface area contributed by atoms with Crippen LogP contribution in [-0.2, 0) is 4.74 Å². The van der Waals surface area contributed by atoms with E-state index in [-0.39, 0.29) is 17.9 Å². The van der Waals surface area contributed by atoms with Crippen molar-refractivity contribution in [2.45, 2.75) is 33.3 Å². The SMILES string of the molecule is C=CCN(C(=O)OC(C)(C)C)c1cccc(C)c1[N+](=O)[O-]. The predicted molar refractivity (Wildman–Crippen MR) is 81.6 cm³/mol. The molecule has 0 aliphatic carbocycles. The van der Waals surface area contributed by atoms with Crippen LogP contribution in [0.25, 0.3) is 0 Å². The Labute approximate surface area is 124 Å². The molecule has 0 spiro atoms. The van der Waals surface area contributed by atoms with Gasteiger partial charge in [0.05, 0.1) is 4.92 Å². The second-order valence-corrected chi connectivity index (χ2v) is 5.58. The highest BCUT2D eigenvalue weighted by Gasteiger charge is 2.28. The van der Waals surface area contributed by atoms with Gasteiger partial charge in [-0.1, -0.05) is 18.2 Å². The van der Waals surface area contributed by atoms with Crippen molar-refractivity contribution < 1.29 is 14.5 Å². The van der Waals surface area contributed by atoms with Gasteiger partial charge >= 0.3 is 6.09 Å². The molecule has 0 saturated carbocycles. The first-order chi connectivity index (χ1) is 9.67. The standard InChI is InChI=1S/C15H20N2O4/c1-6-10-16(14(18)21-15(3,4)5)12-9-7-8-11(2)13(12)17(19)20/h6-9H,1,10H2,2-5H3. The van der Waals surface area contributed by atoms with Crippen LogP contribution in [0.1, 0.15) is 26.3 Å². The molecule has 1 amide bonds. The number of anilines is 1. The number of nitro groups is 1. The summed E-state index contributed by atoms with van der Waals surface area (Å²) >= 11 is 0. The summed E-state index contributed by atoms with van der Waals surface area (Å²) in [4.78, 5) is 24.2. The minimum Gasteiger partial charge on any atom is -0.443 e. The molecule has 0 fully saturated rings. The molecule has 1 rings (SSSR count). The number of benzene rings is 1. The smallest absolute Gasteiger partial charge is 0.415 e. The Bertz CT molecular complexity index is 561. The van der Waals surface area contributed by atoms with Crippen LogP contribution in [0.5, 0.6) is 0 Å². The summed E-state index contributed by atoms with van der Waals surface area (Å²) in [6.07, 6.45) is 0.854. The number of aryl methyl sites for hydroxylation is 1. The van der Waals surface area contributed by atoms with Crippen LogP contribution in [0.2, 0.25) is 0 Å². The van der Waals surface area contributed by atoms with Crippen molar-refractivity contribution in [1.29, 1.82) is 0 Å². The van der Waals surface area contributed by atoms with Gasteiger partial charge in [0.2, 0.25) is 0 Å². The molecular weight excluding hydrogens is 272 g/mol. The summed E-state index contributed by atoms with van der Waals surface area (Å²) in [5.74, 6) is 0. The monoisotopic (exact) mass is 292 g/mol. The zero-order valence-corrected chi connectivity index (χ0v) is 12.8. The predicted octanol–water partition coefficient (Wildman–Crippen LogP) is 3.83. The van der Waals surface area contributed by atoms with Gasteiger partial charge in [0, 0.05) is 12.1 Å². The number of para-hydroxylation sites is 1. The molecule has 0 heterocycles. The Morgan fingerprint density at radius 3 is 2.57 bits per heavy atom. The lowest BCUT2D eigenvalue weighted by molar-refractivity contribution is -0.384. The molecule has 6 heteroatoms. The summed E-state index contributed by atoms with van der Waals surface area (Å²) in [6.45, 7) is 10.5. The maximum atomic E-state index is 12.3. The van der Waals surface area contributed by atoms with Crippen molar-refractivity contribution in [2.75, 3.05) is 11.4 Å². The fourth-order valence-electron chi connectivity index (χ4n) is 1.82. The zero-order valence-electron chi connectivity index (χ0n) is 12.8. The summed E-state index contributed by atoms with van der Waals surface area (Å²) in [6, 6.07) is 4.82. The average Bonchev–Trinajstić information content (AvgIpc) is 2.32. The van der Waals surface area contributed by atoms with Crippen molar-refractivity contribution in [3.05, 3.63) is 46.5 Å². The number of rotatable bonds is 4. The number of hydrogen-bond donors (Lipinski definition) is 0. The molecule has 0 radical (unpaired) electrons. The molecule has 114 valence electrons. The second-order valence-electron chi connectivity index (χ2n) is 5.58. The van der Waals surface area contributed by atoms with Gasteiger partial charge in [0.15, 0.2) is 0 Å². The highest BCUT2D eigenvalue weighted by Crippen LogP contribution is 2.32. The van der Waals surface area contributed by atoms with Crippen LogP contribution >= 0.6 is 0 Å². The lowest BCUT2D eigenvalue weighted by Crippen LogP contribution is -2.37. The van der Waals surface area contributed by atoms with Gasteiger partial charge in [-0.05, 0) is 33.8 Å². The van der Waals surface area contributed by atoms with E-state index in [4.69, 9.17) is 4.74 Å². The van der Waals surface area contributed by atoms with E-state index < -0.39 is 16.6 Å². The number of carbonyl (C=O) groups excluding carboxylic acids is 1. The van der Waals surface area contributed by atoms with Crippen LogP contribution in [-0.4, -0.2) is 23.2 Å². The van der Waals surface area contributed by atoms with Gasteiger partial charge in [-0.25, -0.2) is 4.79 Å². The van der Waals surface area contributed by atoms with Crippen LogP contribution in [0.3, 0.4) is 0 Å². The molecule has 0 N–H and O–H groups in total. The number of amides is 1. The second kappa shape index (κ2) is 6.39. The van der Waals surface area contributed by atoms with E-state index >= 15 is 0 Å². The molecule has 21 heavy (non-hydrogen) atoms. The van der Waals surface area contributed by atoms with E-state index in [2.05, 4.69) is 6.58 Å².